The number of hydrogen-bond acceptors (Lipinski definition) is 4. The number of ether oxygens (including phenoxy) is 1. The smallest absolute Gasteiger partial charge is 0.337 e. The normalized spacial score (nSPS) is 14.0. The van der Waals surface area contributed by atoms with Gasteiger partial charge >= 0.3 is 5.97 Å². The molecule has 1 heterocycles. The molecule has 1 aliphatic heterocycles. The highest BCUT2D eigenvalue weighted by Crippen LogP contribution is 2.29. The number of nitrogens with one attached hydrogen (secondary N) is 1. The summed E-state index contributed by atoms with van der Waals surface area (Å²) in [6.45, 7) is 0.151. The summed E-state index contributed by atoms with van der Waals surface area (Å²) in [6.07, 6.45) is 0. The Morgan fingerprint density at radius 2 is 1.80 bits per heavy atom. The van der Waals surface area contributed by atoms with Crippen LogP contribution in [0.1, 0.15) is 0 Å². The van der Waals surface area contributed by atoms with Crippen molar-refractivity contribution in [2.75, 3.05) is 23.9 Å². The van der Waals surface area contributed by atoms with Gasteiger partial charge in [-0.1, -0.05) is 44.0 Å². The molecule has 128 valence electrons. The van der Waals surface area contributed by atoms with Crippen LogP contribution in [0.3, 0.4) is 0 Å². The average Bonchev–Trinajstić information content (AvgIpc) is 2.91. The molecule has 2 aromatic rings. The third-order valence-electron chi connectivity index (χ3n) is 3.72. The van der Waals surface area contributed by atoms with E-state index < -0.39 is 5.97 Å². The highest BCUT2D eigenvalue weighted by Gasteiger charge is 2.35. The van der Waals surface area contributed by atoms with E-state index >= 15 is 0 Å². The Balaban J connectivity index is 1.96. The fraction of sp³-hybridized carbons (Fsp3) is 0.111. The number of benzene rings is 2. The van der Waals surface area contributed by atoms with Gasteiger partial charge in [0.1, 0.15) is 5.70 Å². The molecule has 0 spiro atoms. The fourth-order valence-electron chi connectivity index (χ4n) is 2.55. The summed E-state index contributed by atoms with van der Waals surface area (Å²) in [5.41, 5.74) is 1.93. The second kappa shape index (κ2) is 7.41. The van der Waals surface area contributed by atoms with Crippen LogP contribution in [0.25, 0.3) is 0 Å². The number of hydrogen-bond donors (Lipinski definition) is 1. The van der Waals surface area contributed by atoms with Gasteiger partial charge in [0.15, 0.2) is 0 Å². The molecular weight excluding hydrogens is 452 g/mol. The first-order chi connectivity index (χ1) is 12.0. The molecule has 0 unspecified atom stereocenters. The second-order valence-electron chi connectivity index (χ2n) is 5.35. The van der Waals surface area contributed by atoms with Gasteiger partial charge in [-0.05, 0) is 36.4 Å². The Hall–Kier alpha value is -2.12. The quantitative estimate of drug-likeness (QED) is 0.690. The Bertz CT molecular complexity index is 880. The number of nitrogens with zero attached hydrogens (tertiary/aromatic N) is 1. The van der Waals surface area contributed by atoms with Gasteiger partial charge in [-0.15, -0.1) is 0 Å². The number of carbonyl (C=O) groups excluding carboxylic acids is 2. The number of esters is 1. The molecule has 0 atom stereocenters. The van der Waals surface area contributed by atoms with E-state index in [1.807, 2.05) is 48.5 Å². The maximum Gasteiger partial charge on any atom is 0.337 e. The van der Waals surface area contributed by atoms with Crippen LogP contribution >= 0.6 is 31.9 Å². The largest absolute Gasteiger partial charge is 0.466 e. The average molecular weight is 466 g/mol. The number of carbonyl (C=O) groups is 2. The highest BCUT2D eigenvalue weighted by molar-refractivity contribution is 9.10. The van der Waals surface area contributed by atoms with Gasteiger partial charge in [0.25, 0.3) is 5.91 Å². The number of halogens is 2. The van der Waals surface area contributed by atoms with Crippen LogP contribution in [0.4, 0.5) is 11.4 Å². The summed E-state index contributed by atoms with van der Waals surface area (Å²) in [6, 6.07) is 14.7. The SMILES string of the molecule is COC(=O)C1=C(Nc2cccc(Br)c2)C(=O)N(c2cccc(Br)c2)C1. The van der Waals surface area contributed by atoms with E-state index in [4.69, 9.17) is 4.74 Å². The first-order valence-electron chi connectivity index (χ1n) is 7.41. The standard InChI is InChI=1S/C18H14Br2N2O3/c1-25-18(24)15-10-22(14-7-3-5-12(20)9-14)17(23)16(15)21-13-6-2-4-11(19)8-13/h2-9,21H,10H2,1H3. The van der Waals surface area contributed by atoms with E-state index in [9.17, 15) is 9.59 Å². The third-order valence-corrected chi connectivity index (χ3v) is 4.71. The van der Waals surface area contributed by atoms with Crippen molar-refractivity contribution in [1.29, 1.82) is 0 Å². The molecule has 2 aromatic carbocycles. The number of amides is 1. The minimum absolute atomic E-state index is 0.151. The van der Waals surface area contributed by atoms with E-state index in [0.29, 0.717) is 16.9 Å². The van der Waals surface area contributed by atoms with Crippen LogP contribution in [-0.2, 0) is 14.3 Å². The van der Waals surface area contributed by atoms with Gasteiger partial charge in [0.2, 0.25) is 0 Å². The topological polar surface area (TPSA) is 58.6 Å². The zero-order valence-electron chi connectivity index (χ0n) is 13.3. The van der Waals surface area contributed by atoms with Gasteiger partial charge < -0.3 is 15.0 Å². The molecule has 0 saturated carbocycles. The number of rotatable bonds is 4. The third kappa shape index (κ3) is 3.77. The van der Waals surface area contributed by atoms with Crippen LogP contribution in [0.2, 0.25) is 0 Å². The molecule has 0 saturated heterocycles. The Labute approximate surface area is 161 Å². The van der Waals surface area contributed by atoms with Crippen LogP contribution in [0.15, 0.2) is 68.7 Å². The molecule has 7 heteroatoms. The Morgan fingerprint density at radius 3 is 2.44 bits per heavy atom. The van der Waals surface area contributed by atoms with Crippen LogP contribution in [0, 0.1) is 0 Å². The zero-order valence-corrected chi connectivity index (χ0v) is 16.4. The summed E-state index contributed by atoms with van der Waals surface area (Å²) >= 11 is 6.79. The van der Waals surface area contributed by atoms with Gasteiger partial charge in [0.05, 0.1) is 19.2 Å². The van der Waals surface area contributed by atoms with Crippen molar-refractivity contribution in [3.05, 3.63) is 68.7 Å². The van der Waals surface area contributed by atoms with E-state index in [1.165, 1.54) is 12.0 Å². The van der Waals surface area contributed by atoms with E-state index in [2.05, 4.69) is 37.2 Å². The van der Waals surface area contributed by atoms with Gasteiger partial charge in [-0.3, -0.25) is 4.79 Å². The molecule has 0 aromatic heterocycles. The van der Waals surface area contributed by atoms with Gasteiger partial charge in [-0.25, -0.2) is 4.79 Å². The van der Waals surface area contributed by atoms with Crippen LogP contribution in [0.5, 0.6) is 0 Å². The Kier molecular flexibility index (Phi) is 5.24. The van der Waals surface area contributed by atoms with Gasteiger partial charge in [0, 0.05) is 20.3 Å². The molecular formula is C18H14Br2N2O3. The molecule has 0 aliphatic carbocycles. The minimum atomic E-state index is -0.525. The van der Waals surface area contributed by atoms with Crippen molar-refractivity contribution < 1.29 is 14.3 Å². The summed E-state index contributed by atoms with van der Waals surface area (Å²) < 4.78 is 6.57. The van der Waals surface area contributed by atoms with Crippen molar-refractivity contribution in [2.45, 2.75) is 0 Å². The fourth-order valence-corrected chi connectivity index (χ4v) is 3.34. The van der Waals surface area contributed by atoms with Gasteiger partial charge in [-0.2, -0.15) is 0 Å². The van der Waals surface area contributed by atoms with Crippen molar-refractivity contribution in [3.63, 3.8) is 0 Å². The highest BCUT2D eigenvalue weighted by atomic mass is 79.9. The lowest BCUT2D eigenvalue weighted by molar-refractivity contribution is -0.136. The molecule has 0 radical (unpaired) electrons. The summed E-state index contributed by atoms with van der Waals surface area (Å²) in [5, 5.41) is 3.06. The molecule has 0 bridgehead atoms. The minimum Gasteiger partial charge on any atom is -0.466 e. The Morgan fingerprint density at radius 1 is 1.12 bits per heavy atom. The lowest BCUT2D eigenvalue weighted by atomic mass is 10.2. The molecule has 0 fully saturated rings. The summed E-state index contributed by atoms with van der Waals surface area (Å²) in [4.78, 5) is 26.6. The monoisotopic (exact) mass is 464 g/mol. The molecule has 1 aliphatic rings. The summed E-state index contributed by atoms with van der Waals surface area (Å²) in [5.74, 6) is -0.804. The first-order valence-corrected chi connectivity index (χ1v) is 8.99. The number of anilines is 2. The predicted molar refractivity (Wildman–Crippen MR) is 103 cm³/mol. The molecule has 3 rings (SSSR count). The first kappa shape index (κ1) is 17.7. The van der Waals surface area contributed by atoms with Crippen molar-refractivity contribution in [2.24, 2.45) is 0 Å². The predicted octanol–water partition coefficient (Wildman–Crippen LogP) is 4.10. The maximum atomic E-state index is 12.9. The van der Waals surface area contributed by atoms with Crippen molar-refractivity contribution >= 4 is 55.1 Å². The van der Waals surface area contributed by atoms with Crippen LogP contribution in [-0.4, -0.2) is 25.5 Å². The van der Waals surface area contributed by atoms with E-state index in [0.717, 1.165) is 8.95 Å². The maximum absolute atomic E-state index is 12.9. The van der Waals surface area contributed by atoms with E-state index in [-0.39, 0.29) is 18.1 Å². The zero-order chi connectivity index (χ0) is 18.0. The molecule has 1 N–H and O–H groups in total. The molecule has 25 heavy (non-hydrogen) atoms. The number of methoxy groups -OCH3 is 1. The lowest BCUT2D eigenvalue weighted by Crippen LogP contribution is -2.28. The van der Waals surface area contributed by atoms with Crippen LogP contribution < -0.4 is 10.2 Å². The van der Waals surface area contributed by atoms with Crippen molar-refractivity contribution in [3.8, 4) is 0 Å². The molecule has 5 nitrogen and oxygen atoms in total. The second-order valence-corrected chi connectivity index (χ2v) is 7.18. The summed E-state index contributed by atoms with van der Waals surface area (Å²) in [7, 11) is 1.30. The molecule has 1 amide bonds. The van der Waals surface area contributed by atoms with E-state index in [1.54, 1.807) is 0 Å². The van der Waals surface area contributed by atoms with Crippen molar-refractivity contribution in [1.82, 2.24) is 0 Å². The lowest BCUT2D eigenvalue weighted by Gasteiger charge is -2.17.